The van der Waals surface area contributed by atoms with Gasteiger partial charge >= 0.3 is 0 Å². The largest absolute Gasteiger partial charge is 0.288 e. The van der Waals surface area contributed by atoms with Crippen molar-refractivity contribution < 1.29 is 26.7 Å². The van der Waals surface area contributed by atoms with Crippen LogP contribution in [0, 0.1) is 0 Å². The predicted octanol–water partition coefficient (Wildman–Crippen LogP) is 3.33. The van der Waals surface area contributed by atoms with Crippen LogP contribution in [0.4, 0.5) is 22.0 Å². The first-order valence-corrected chi connectivity index (χ1v) is 5.63. The minimum atomic E-state index is -3.99. The molecule has 1 nitrogen and oxygen atoms in total. The maximum Gasteiger partial charge on any atom is 0.284 e. The van der Waals surface area contributed by atoms with E-state index in [4.69, 9.17) is 0 Å². The highest BCUT2D eigenvalue weighted by Crippen LogP contribution is 2.30. The van der Waals surface area contributed by atoms with E-state index >= 15 is 0 Å². The molecule has 0 radical (unpaired) electrons. The number of hydrogen-bond acceptors (Lipinski definition) is 2. The molecule has 7 heteroatoms. The van der Waals surface area contributed by atoms with Gasteiger partial charge in [-0.3, -0.25) is 4.79 Å². The molecule has 0 aromatic heterocycles. The van der Waals surface area contributed by atoms with Crippen LogP contribution in [-0.2, 0) is 4.79 Å². The van der Waals surface area contributed by atoms with Gasteiger partial charge in [0.1, 0.15) is 12.8 Å². The van der Waals surface area contributed by atoms with Crippen molar-refractivity contribution in [2.75, 3.05) is 12.4 Å². The third-order valence-electron chi connectivity index (χ3n) is 1.82. The summed E-state index contributed by atoms with van der Waals surface area (Å²) < 4.78 is 62.4. The lowest BCUT2D eigenvalue weighted by molar-refractivity contribution is -0.109. The third-order valence-corrected chi connectivity index (χ3v) is 2.67. The van der Waals surface area contributed by atoms with Crippen molar-refractivity contribution in [1.82, 2.24) is 0 Å². The molecule has 0 amide bonds. The van der Waals surface area contributed by atoms with Gasteiger partial charge < -0.3 is 0 Å². The maximum atomic E-state index is 13.0. The van der Waals surface area contributed by atoms with Crippen molar-refractivity contribution in [1.29, 1.82) is 0 Å². The summed E-state index contributed by atoms with van der Waals surface area (Å²) in [5, 5.41) is -0.244. The van der Waals surface area contributed by atoms with Gasteiger partial charge in [-0.05, 0) is 6.42 Å². The van der Waals surface area contributed by atoms with Crippen LogP contribution >= 0.6 is 11.8 Å². The van der Waals surface area contributed by atoms with Crippen molar-refractivity contribution in [3.05, 3.63) is 0 Å². The first-order valence-electron chi connectivity index (χ1n) is 4.65. The van der Waals surface area contributed by atoms with Crippen molar-refractivity contribution in [2.24, 2.45) is 0 Å². The molecular formula is C9H13F5OS. The molecule has 0 rings (SSSR count). The minimum Gasteiger partial charge on any atom is -0.288 e. The van der Waals surface area contributed by atoms with Gasteiger partial charge in [0.2, 0.25) is 0 Å². The van der Waals surface area contributed by atoms with Crippen molar-refractivity contribution >= 4 is 16.9 Å². The van der Waals surface area contributed by atoms with E-state index in [-0.39, 0.29) is 17.3 Å². The number of carbonyl (C=O) groups is 1. The first-order chi connectivity index (χ1) is 7.29. The van der Waals surface area contributed by atoms with Crippen LogP contribution in [0.1, 0.15) is 19.8 Å². The first kappa shape index (κ1) is 15.7. The number of thioether (sulfide) groups is 1. The highest BCUT2D eigenvalue weighted by atomic mass is 32.2. The minimum absolute atomic E-state index is 0.0547. The second-order valence-corrected chi connectivity index (χ2v) is 4.58. The van der Waals surface area contributed by atoms with Crippen LogP contribution in [0.15, 0.2) is 0 Å². The highest BCUT2D eigenvalue weighted by Gasteiger charge is 2.42. The quantitative estimate of drug-likeness (QED) is 0.656. The lowest BCUT2D eigenvalue weighted by Crippen LogP contribution is -2.34. The predicted molar refractivity (Wildman–Crippen MR) is 53.1 cm³/mol. The summed E-state index contributed by atoms with van der Waals surface area (Å²) in [5.41, 5.74) is 0. The average molecular weight is 264 g/mol. The molecule has 2 atom stereocenters. The molecule has 0 saturated heterocycles. The fraction of sp³-hybridized carbons (Fsp3) is 0.889. The monoisotopic (exact) mass is 264 g/mol. The summed E-state index contributed by atoms with van der Waals surface area (Å²) in [6.45, 7) is -0.560. The van der Waals surface area contributed by atoms with Crippen molar-refractivity contribution in [2.45, 2.75) is 38.0 Å². The molecule has 0 aliphatic heterocycles. The van der Waals surface area contributed by atoms with Crippen LogP contribution in [0.5, 0.6) is 0 Å². The SMILES string of the molecule is CC(=O)SCCC(F)CC(F)(F)C(F)CF. The second kappa shape index (κ2) is 7.09. The van der Waals surface area contributed by atoms with E-state index in [0.717, 1.165) is 11.8 Å². The Morgan fingerprint density at radius 3 is 2.38 bits per heavy atom. The summed E-state index contributed by atoms with van der Waals surface area (Å²) in [4.78, 5) is 10.4. The lowest BCUT2D eigenvalue weighted by Gasteiger charge is -2.20. The van der Waals surface area contributed by atoms with Crippen LogP contribution in [0.2, 0.25) is 0 Å². The molecule has 2 unspecified atom stereocenters. The van der Waals surface area contributed by atoms with E-state index in [0.29, 0.717) is 0 Å². The van der Waals surface area contributed by atoms with Crippen LogP contribution in [-0.4, -0.2) is 35.8 Å². The van der Waals surface area contributed by atoms with E-state index < -0.39 is 31.4 Å². The molecule has 96 valence electrons. The zero-order valence-electron chi connectivity index (χ0n) is 8.69. The molecule has 16 heavy (non-hydrogen) atoms. The van der Waals surface area contributed by atoms with Crippen LogP contribution in [0.3, 0.4) is 0 Å². The van der Waals surface area contributed by atoms with Gasteiger partial charge in [-0.15, -0.1) is 0 Å². The second-order valence-electron chi connectivity index (χ2n) is 3.31. The van der Waals surface area contributed by atoms with Crippen LogP contribution in [0.25, 0.3) is 0 Å². The molecule has 0 aromatic carbocycles. The number of hydrogen-bond donors (Lipinski definition) is 0. The van der Waals surface area contributed by atoms with E-state index in [9.17, 15) is 26.7 Å². The number of halogens is 5. The van der Waals surface area contributed by atoms with Gasteiger partial charge in [-0.1, -0.05) is 11.8 Å². The van der Waals surface area contributed by atoms with E-state index in [1.165, 1.54) is 6.92 Å². The van der Waals surface area contributed by atoms with E-state index in [1.54, 1.807) is 0 Å². The Hall–Kier alpha value is -0.330. The van der Waals surface area contributed by atoms with Crippen LogP contribution < -0.4 is 0 Å². The smallest absolute Gasteiger partial charge is 0.284 e. The Balaban J connectivity index is 3.93. The molecular weight excluding hydrogens is 251 g/mol. The maximum absolute atomic E-state index is 13.0. The van der Waals surface area contributed by atoms with Gasteiger partial charge in [0.25, 0.3) is 5.92 Å². The fourth-order valence-corrected chi connectivity index (χ4v) is 1.63. The van der Waals surface area contributed by atoms with E-state index in [1.807, 2.05) is 0 Å². The Bertz CT molecular complexity index is 224. The number of rotatable bonds is 7. The number of carbonyl (C=O) groups excluding carboxylic acids is 1. The van der Waals surface area contributed by atoms with E-state index in [2.05, 4.69) is 0 Å². The normalized spacial score (nSPS) is 15.9. The summed E-state index contributed by atoms with van der Waals surface area (Å²) >= 11 is 0.808. The number of alkyl halides is 5. The highest BCUT2D eigenvalue weighted by molar-refractivity contribution is 8.13. The zero-order chi connectivity index (χ0) is 12.8. The molecule has 0 aliphatic carbocycles. The molecule has 0 bridgehead atoms. The van der Waals surface area contributed by atoms with Gasteiger partial charge in [0.15, 0.2) is 11.3 Å². The van der Waals surface area contributed by atoms with Gasteiger partial charge in [0.05, 0.1) is 0 Å². The lowest BCUT2D eigenvalue weighted by atomic mass is 10.1. The topological polar surface area (TPSA) is 17.1 Å². The molecule has 0 heterocycles. The molecule has 0 spiro atoms. The Labute approximate surface area is 94.8 Å². The van der Waals surface area contributed by atoms with Gasteiger partial charge in [-0.25, -0.2) is 22.0 Å². The molecule has 0 N–H and O–H groups in total. The molecule has 0 aromatic rings. The summed E-state index contributed by atoms with van der Waals surface area (Å²) in [6, 6.07) is 0. The van der Waals surface area contributed by atoms with Crippen molar-refractivity contribution in [3.8, 4) is 0 Å². The summed E-state index contributed by atoms with van der Waals surface area (Å²) in [7, 11) is 0. The molecule has 0 aliphatic rings. The Kier molecular flexibility index (Phi) is 6.94. The molecule has 0 saturated carbocycles. The summed E-state index contributed by atoms with van der Waals surface area (Å²) in [5.74, 6) is -3.94. The third kappa shape index (κ3) is 6.30. The summed E-state index contributed by atoms with van der Waals surface area (Å²) in [6.07, 6.45) is -6.53. The Morgan fingerprint density at radius 1 is 1.38 bits per heavy atom. The average Bonchev–Trinajstić information content (AvgIpc) is 2.14. The standard InChI is InChI=1S/C9H13F5OS/c1-6(15)16-3-2-7(11)4-9(13,14)8(12)5-10/h7-8H,2-5H2,1H3. The van der Waals surface area contributed by atoms with Gasteiger partial charge in [0, 0.05) is 19.1 Å². The fourth-order valence-electron chi connectivity index (χ4n) is 0.969. The Morgan fingerprint density at radius 2 is 1.94 bits per heavy atom. The van der Waals surface area contributed by atoms with Gasteiger partial charge in [-0.2, -0.15) is 0 Å². The molecule has 0 fully saturated rings. The zero-order valence-corrected chi connectivity index (χ0v) is 9.51. The van der Waals surface area contributed by atoms with Crippen molar-refractivity contribution in [3.63, 3.8) is 0 Å².